The van der Waals surface area contributed by atoms with Crippen LogP contribution in [0.25, 0.3) is 10.9 Å². The first-order valence-corrected chi connectivity index (χ1v) is 12.1. The largest absolute Gasteiger partial charge is 0.354 e. The van der Waals surface area contributed by atoms with E-state index < -0.39 is 28.9 Å². The number of hydrogen-bond donors (Lipinski definition) is 2. The summed E-state index contributed by atoms with van der Waals surface area (Å²) < 4.78 is 31.3. The lowest BCUT2D eigenvalue weighted by Gasteiger charge is -2.30. The fraction of sp³-hybridized carbons (Fsp3) is 0.259. The minimum atomic E-state index is -1.10. The first-order valence-electron chi connectivity index (χ1n) is 11.7. The maximum absolute atomic E-state index is 14.3. The third-order valence-corrected chi connectivity index (χ3v) is 6.74. The molecule has 0 aliphatic rings. The normalized spacial score (nSPS) is 11.6. The van der Waals surface area contributed by atoms with Crippen molar-refractivity contribution in [2.45, 2.75) is 32.7 Å². The quantitative estimate of drug-likeness (QED) is 0.350. The van der Waals surface area contributed by atoms with Crippen LogP contribution in [-0.2, 0) is 23.8 Å². The molecule has 0 saturated heterocycles. The van der Waals surface area contributed by atoms with Crippen molar-refractivity contribution in [2.75, 3.05) is 12.4 Å². The second-order valence-corrected chi connectivity index (χ2v) is 9.90. The molecule has 4 rings (SSSR count). The van der Waals surface area contributed by atoms with E-state index in [1.54, 1.807) is 20.9 Å². The van der Waals surface area contributed by atoms with Gasteiger partial charge in [0, 0.05) is 29.9 Å². The number of amides is 2. The summed E-state index contributed by atoms with van der Waals surface area (Å²) in [5, 5.41) is 10.1. The lowest BCUT2D eigenvalue weighted by atomic mass is 9.80. The van der Waals surface area contributed by atoms with Gasteiger partial charge in [0.1, 0.15) is 23.1 Å². The van der Waals surface area contributed by atoms with Gasteiger partial charge in [0.25, 0.3) is 11.8 Å². The number of benzene rings is 2. The van der Waals surface area contributed by atoms with Gasteiger partial charge in [-0.05, 0) is 55.0 Å². The molecule has 4 aromatic rings. The highest BCUT2D eigenvalue weighted by molar-refractivity contribution is 6.31. The summed E-state index contributed by atoms with van der Waals surface area (Å²) in [7, 11) is 3.07. The fourth-order valence-electron chi connectivity index (χ4n) is 4.71. The van der Waals surface area contributed by atoms with Gasteiger partial charge in [0.2, 0.25) is 0 Å². The molecule has 2 aromatic carbocycles. The molecule has 8 nitrogen and oxygen atoms in total. The summed E-state index contributed by atoms with van der Waals surface area (Å²) in [5.74, 6) is -2.47. The number of ketones is 1. The summed E-state index contributed by atoms with van der Waals surface area (Å²) in [6.07, 6.45) is 0. The maximum Gasteiger partial charge on any atom is 0.276 e. The van der Waals surface area contributed by atoms with Gasteiger partial charge in [0.15, 0.2) is 5.69 Å². The zero-order valence-electron chi connectivity index (χ0n) is 21.4. The van der Waals surface area contributed by atoms with Crippen molar-refractivity contribution < 1.29 is 23.2 Å². The van der Waals surface area contributed by atoms with E-state index in [1.165, 1.54) is 65.7 Å². The molecule has 38 heavy (non-hydrogen) atoms. The zero-order chi connectivity index (χ0) is 27.9. The highest BCUT2D eigenvalue weighted by atomic mass is 35.5. The van der Waals surface area contributed by atoms with E-state index in [4.69, 9.17) is 11.6 Å². The fourth-order valence-corrected chi connectivity index (χ4v) is 5.07. The van der Waals surface area contributed by atoms with Gasteiger partial charge in [-0.1, -0.05) is 25.4 Å². The van der Waals surface area contributed by atoms with Crippen LogP contribution in [0.3, 0.4) is 0 Å². The summed E-state index contributed by atoms with van der Waals surface area (Å²) >= 11 is 6.46. The van der Waals surface area contributed by atoms with Crippen LogP contribution in [0.5, 0.6) is 0 Å². The Hall–Kier alpha value is -4.05. The Morgan fingerprint density at radius 1 is 1.03 bits per heavy atom. The van der Waals surface area contributed by atoms with E-state index in [1.807, 2.05) is 0 Å². The molecule has 2 N–H and O–H groups in total. The molecule has 0 atom stereocenters. The molecule has 0 radical (unpaired) electrons. The van der Waals surface area contributed by atoms with Crippen molar-refractivity contribution in [1.82, 2.24) is 19.7 Å². The van der Waals surface area contributed by atoms with Gasteiger partial charge in [-0.3, -0.25) is 19.1 Å². The molecular weight excluding hydrogens is 516 g/mol. The van der Waals surface area contributed by atoms with Crippen LogP contribution >= 0.6 is 11.6 Å². The van der Waals surface area contributed by atoms with Crippen LogP contribution in [-0.4, -0.2) is 39.0 Å². The second kappa shape index (κ2) is 10.0. The zero-order valence-corrected chi connectivity index (χ0v) is 22.2. The average Bonchev–Trinajstić information content (AvgIpc) is 3.36. The second-order valence-electron chi connectivity index (χ2n) is 9.50. The summed E-state index contributed by atoms with van der Waals surface area (Å²) in [6.45, 7) is 4.66. The number of nitrogens with zero attached hydrogens (tertiary/aromatic N) is 3. The average molecular weight is 542 g/mol. The van der Waals surface area contributed by atoms with E-state index in [9.17, 15) is 23.2 Å². The first-order chi connectivity index (χ1) is 17.8. The Morgan fingerprint density at radius 3 is 2.34 bits per heavy atom. The number of hydrogen-bond acceptors (Lipinski definition) is 4. The van der Waals surface area contributed by atoms with Crippen molar-refractivity contribution in [1.29, 1.82) is 0 Å². The number of halogens is 3. The number of anilines is 1. The molecule has 11 heteroatoms. The molecule has 0 saturated carbocycles. The van der Waals surface area contributed by atoms with E-state index in [-0.39, 0.29) is 34.4 Å². The third kappa shape index (κ3) is 4.79. The molecule has 0 aliphatic carbocycles. The molecule has 0 fully saturated rings. The molecule has 0 aliphatic heterocycles. The maximum atomic E-state index is 14.3. The van der Waals surface area contributed by atoms with Crippen molar-refractivity contribution >= 4 is 45.8 Å². The topological polar surface area (TPSA) is 98.0 Å². The Balaban J connectivity index is 1.94. The summed E-state index contributed by atoms with van der Waals surface area (Å²) in [4.78, 5) is 38.6. The number of nitrogens with one attached hydrogen (secondary N) is 2. The number of carbonyl (C=O) groups excluding carboxylic acids is 3. The van der Waals surface area contributed by atoms with Gasteiger partial charge >= 0.3 is 0 Å². The number of rotatable bonds is 7. The highest BCUT2D eigenvalue weighted by Crippen LogP contribution is 2.41. The Morgan fingerprint density at radius 2 is 1.68 bits per heavy atom. The molecular formula is C27H26ClF2N5O3. The van der Waals surface area contributed by atoms with Crippen LogP contribution in [0, 0.1) is 11.6 Å². The van der Waals surface area contributed by atoms with Crippen LogP contribution in [0.1, 0.15) is 53.0 Å². The van der Waals surface area contributed by atoms with Gasteiger partial charge in [-0.2, -0.15) is 5.10 Å². The van der Waals surface area contributed by atoms with E-state index in [0.717, 1.165) is 0 Å². The molecule has 2 aromatic heterocycles. The lowest BCUT2D eigenvalue weighted by molar-refractivity contribution is -0.117. The number of aryl methyl sites for hydroxylation is 1. The molecule has 2 heterocycles. The van der Waals surface area contributed by atoms with Gasteiger partial charge in [0.05, 0.1) is 23.4 Å². The predicted molar refractivity (Wildman–Crippen MR) is 141 cm³/mol. The van der Waals surface area contributed by atoms with Gasteiger partial charge < -0.3 is 15.2 Å². The van der Waals surface area contributed by atoms with E-state index >= 15 is 0 Å². The molecule has 0 unspecified atom stereocenters. The van der Waals surface area contributed by atoms with Crippen LogP contribution < -0.4 is 10.6 Å². The van der Waals surface area contributed by atoms with Crippen molar-refractivity contribution in [3.8, 4) is 0 Å². The van der Waals surface area contributed by atoms with Crippen molar-refractivity contribution in [3.05, 3.63) is 81.8 Å². The molecule has 0 spiro atoms. The number of fused-ring (bicyclic) bond motifs is 1. The van der Waals surface area contributed by atoms with Gasteiger partial charge in [-0.25, -0.2) is 8.78 Å². The number of aromatic nitrogens is 3. The van der Waals surface area contributed by atoms with Crippen molar-refractivity contribution in [3.63, 3.8) is 0 Å². The number of carbonyl (C=O) groups is 3. The lowest BCUT2D eigenvalue weighted by Crippen LogP contribution is -2.30. The Kier molecular flexibility index (Phi) is 7.12. The SMILES string of the molecule is CNC(=O)c1cc(NC(=O)c2nn(C)c3ccc(F)cc23)c(C(C)(C)c2cc(F)ccc2Cl)n1CC(C)=O. The van der Waals surface area contributed by atoms with E-state index in [0.29, 0.717) is 22.2 Å². The van der Waals surface area contributed by atoms with Crippen LogP contribution in [0.4, 0.5) is 14.5 Å². The summed E-state index contributed by atoms with van der Waals surface area (Å²) in [5.41, 5.74) is 0.437. The Labute approximate surface area is 222 Å². The first kappa shape index (κ1) is 27.0. The molecule has 2 amide bonds. The van der Waals surface area contributed by atoms with Gasteiger partial charge in [-0.15, -0.1) is 0 Å². The number of Topliss-reactive ketones (excluding diaryl/α,β-unsaturated/α-hetero) is 1. The minimum Gasteiger partial charge on any atom is -0.354 e. The van der Waals surface area contributed by atoms with Crippen LogP contribution in [0.2, 0.25) is 5.02 Å². The van der Waals surface area contributed by atoms with Crippen molar-refractivity contribution in [2.24, 2.45) is 7.05 Å². The Bertz CT molecular complexity index is 1610. The smallest absolute Gasteiger partial charge is 0.276 e. The van der Waals surface area contributed by atoms with E-state index in [2.05, 4.69) is 15.7 Å². The monoisotopic (exact) mass is 541 g/mol. The minimum absolute atomic E-state index is 0.0321. The third-order valence-electron chi connectivity index (χ3n) is 6.41. The summed E-state index contributed by atoms with van der Waals surface area (Å²) in [6, 6.07) is 9.35. The highest BCUT2D eigenvalue weighted by Gasteiger charge is 2.36. The molecule has 0 bridgehead atoms. The van der Waals surface area contributed by atoms with Crippen LogP contribution in [0.15, 0.2) is 42.5 Å². The standard InChI is InChI=1S/C27H26ClF2N5O3/c1-14(36)13-35-22(25(37)31-4)12-20(24(35)27(2,3)18-11-16(30)6-8-19(18)28)32-26(38)23-17-10-15(29)7-9-21(17)34(5)33-23/h6-12H,13H2,1-5H3,(H,31,37)(H,32,38). The predicted octanol–water partition coefficient (Wildman–Crippen LogP) is 4.83. The molecule has 198 valence electrons.